The van der Waals surface area contributed by atoms with Gasteiger partial charge in [-0.15, -0.1) is 0 Å². The zero-order chi connectivity index (χ0) is 19.2. The van der Waals surface area contributed by atoms with Gasteiger partial charge in [-0.25, -0.2) is 13.1 Å². The van der Waals surface area contributed by atoms with E-state index in [4.69, 9.17) is 14.6 Å². The number of carboxylic acids is 1. The van der Waals surface area contributed by atoms with E-state index in [0.29, 0.717) is 24.7 Å². The van der Waals surface area contributed by atoms with E-state index in [9.17, 15) is 18.0 Å². The molecule has 0 saturated heterocycles. The number of hydrogen-bond donors (Lipinski definition) is 3. The molecule has 0 aliphatic carbocycles. The summed E-state index contributed by atoms with van der Waals surface area (Å²) < 4.78 is 38.0. The zero-order valence-electron chi connectivity index (χ0n) is 14.4. The number of amides is 1. The van der Waals surface area contributed by atoms with Crippen molar-refractivity contribution < 1.29 is 32.6 Å². The number of rotatable bonds is 8. The van der Waals surface area contributed by atoms with Crippen molar-refractivity contribution in [3.05, 3.63) is 18.2 Å². The Hall–Kier alpha value is -2.33. The van der Waals surface area contributed by atoms with E-state index >= 15 is 0 Å². The molecule has 0 bridgehead atoms. The van der Waals surface area contributed by atoms with Crippen molar-refractivity contribution in [2.45, 2.75) is 37.1 Å². The summed E-state index contributed by atoms with van der Waals surface area (Å²) in [5.74, 6) is -0.693. The number of hydrogen-bond acceptors (Lipinski definition) is 6. The van der Waals surface area contributed by atoms with Crippen LogP contribution in [0.2, 0.25) is 0 Å². The Morgan fingerprint density at radius 1 is 1.23 bits per heavy atom. The predicted octanol–water partition coefficient (Wildman–Crippen LogP) is 0.496. The molecule has 1 aromatic carbocycles. The molecule has 3 N–H and O–H groups in total. The highest BCUT2D eigenvalue weighted by Gasteiger charge is 2.19. The van der Waals surface area contributed by atoms with E-state index in [-0.39, 0.29) is 24.3 Å². The summed E-state index contributed by atoms with van der Waals surface area (Å²) in [7, 11) is -3.75. The third-order valence-corrected chi connectivity index (χ3v) is 5.11. The summed E-state index contributed by atoms with van der Waals surface area (Å²) in [4.78, 5) is 22.3. The largest absolute Gasteiger partial charge is 0.490 e. The molecule has 144 valence electrons. The maximum absolute atomic E-state index is 12.3. The SMILES string of the molecule is C[C@@H](NC(=O)CCCNS(=O)(=O)c1ccc2c(c1)OCCCO2)C(=O)O. The van der Waals surface area contributed by atoms with E-state index in [1.165, 1.54) is 19.1 Å². The number of nitrogens with one attached hydrogen (secondary N) is 2. The average molecular weight is 386 g/mol. The van der Waals surface area contributed by atoms with Crippen LogP contribution in [0.4, 0.5) is 0 Å². The van der Waals surface area contributed by atoms with Gasteiger partial charge in [0.25, 0.3) is 0 Å². The van der Waals surface area contributed by atoms with E-state index in [1.54, 1.807) is 6.07 Å². The van der Waals surface area contributed by atoms with Crippen molar-refractivity contribution in [1.82, 2.24) is 10.0 Å². The molecule has 26 heavy (non-hydrogen) atoms. The Labute approximate surface area is 151 Å². The van der Waals surface area contributed by atoms with Gasteiger partial charge in [0.1, 0.15) is 6.04 Å². The fraction of sp³-hybridized carbons (Fsp3) is 0.500. The Kier molecular flexibility index (Phi) is 6.81. The Balaban J connectivity index is 1.86. The van der Waals surface area contributed by atoms with Gasteiger partial charge in [-0.1, -0.05) is 0 Å². The highest BCUT2D eigenvalue weighted by molar-refractivity contribution is 7.89. The Morgan fingerprint density at radius 3 is 2.62 bits per heavy atom. The zero-order valence-corrected chi connectivity index (χ0v) is 15.2. The minimum absolute atomic E-state index is 0.0152. The van der Waals surface area contributed by atoms with Crippen LogP contribution in [0, 0.1) is 0 Å². The highest BCUT2D eigenvalue weighted by atomic mass is 32.2. The lowest BCUT2D eigenvalue weighted by Crippen LogP contribution is -2.38. The van der Waals surface area contributed by atoms with Gasteiger partial charge >= 0.3 is 5.97 Å². The first-order valence-corrected chi connectivity index (χ1v) is 9.69. The number of aliphatic carboxylic acids is 1. The van der Waals surface area contributed by atoms with Crippen LogP contribution in [0.1, 0.15) is 26.2 Å². The molecule has 10 heteroatoms. The summed E-state index contributed by atoms with van der Waals surface area (Å²) in [6.07, 6.45) is 0.973. The van der Waals surface area contributed by atoms with Gasteiger partial charge in [-0.3, -0.25) is 9.59 Å². The molecule has 1 amide bonds. The summed E-state index contributed by atoms with van der Waals surface area (Å²) in [6.45, 7) is 2.37. The fourth-order valence-electron chi connectivity index (χ4n) is 2.22. The van der Waals surface area contributed by atoms with E-state index in [1.807, 2.05) is 0 Å². The number of benzene rings is 1. The van der Waals surface area contributed by atoms with Crippen molar-refractivity contribution in [2.75, 3.05) is 19.8 Å². The lowest BCUT2D eigenvalue weighted by molar-refractivity contribution is -0.141. The molecule has 1 heterocycles. The molecule has 1 aliphatic rings. The molecule has 0 radical (unpaired) electrons. The lowest BCUT2D eigenvalue weighted by atomic mass is 10.2. The lowest BCUT2D eigenvalue weighted by Gasteiger charge is -2.11. The molecule has 0 saturated carbocycles. The number of sulfonamides is 1. The second-order valence-electron chi connectivity index (χ2n) is 5.79. The maximum atomic E-state index is 12.3. The standard InChI is InChI=1S/C16H22N2O7S/c1-11(16(20)21)18-15(19)4-2-7-17-26(22,23)12-5-6-13-14(10-12)25-9-3-8-24-13/h5-6,10-11,17H,2-4,7-9H2,1H3,(H,18,19)(H,20,21)/t11-/m1/s1. The summed E-state index contributed by atoms with van der Waals surface area (Å²) >= 11 is 0. The van der Waals surface area contributed by atoms with Gasteiger partial charge in [-0.2, -0.15) is 0 Å². The Morgan fingerprint density at radius 2 is 1.92 bits per heavy atom. The second kappa shape index (κ2) is 8.86. The molecule has 0 unspecified atom stereocenters. The number of carbonyl (C=O) groups excluding carboxylic acids is 1. The molecule has 1 aliphatic heterocycles. The molecule has 2 rings (SSSR count). The molecule has 1 atom stereocenters. The minimum atomic E-state index is -3.75. The summed E-state index contributed by atoms with van der Waals surface area (Å²) in [6, 6.07) is 3.40. The van der Waals surface area contributed by atoms with Crippen LogP contribution in [0.5, 0.6) is 11.5 Å². The molecule has 9 nitrogen and oxygen atoms in total. The van der Waals surface area contributed by atoms with Gasteiger partial charge in [0.2, 0.25) is 15.9 Å². The molecule has 1 aromatic rings. The Bertz CT molecular complexity index is 764. The molecular formula is C16H22N2O7S. The average Bonchev–Trinajstić information content (AvgIpc) is 2.83. The predicted molar refractivity (Wildman–Crippen MR) is 91.7 cm³/mol. The second-order valence-corrected chi connectivity index (χ2v) is 7.55. The van der Waals surface area contributed by atoms with Gasteiger partial charge < -0.3 is 19.9 Å². The number of carboxylic acid groups (broad SMARTS) is 1. The molecule has 0 fully saturated rings. The van der Waals surface area contributed by atoms with E-state index in [0.717, 1.165) is 6.42 Å². The monoisotopic (exact) mass is 386 g/mol. The van der Waals surface area contributed by atoms with Crippen LogP contribution in [0.3, 0.4) is 0 Å². The van der Waals surface area contributed by atoms with Crippen LogP contribution >= 0.6 is 0 Å². The van der Waals surface area contributed by atoms with Crippen LogP contribution < -0.4 is 19.5 Å². The first kappa shape index (κ1) is 20.0. The third kappa shape index (κ3) is 5.60. The van der Waals surface area contributed by atoms with Crippen molar-refractivity contribution in [3.63, 3.8) is 0 Å². The van der Waals surface area contributed by atoms with Crippen molar-refractivity contribution in [3.8, 4) is 11.5 Å². The molecule has 0 aromatic heterocycles. The van der Waals surface area contributed by atoms with Crippen molar-refractivity contribution in [2.24, 2.45) is 0 Å². The van der Waals surface area contributed by atoms with Crippen LogP contribution in [-0.2, 0) is 19.6 Å². The summed E-state index contributed by atoms with van der Waals surface area (Å²) in [5, 5.41) is 11.0. The van der Waals surface area contributed by atoms with Crippen molar-refractivity contribution >= 4 is 21.9 Å². The van der Waals surface area contributed by atoms with Gasteiger partial charge in [0.15, 0.2) is 11.5 Å². The van der Waals surface area contributed by atoms with Crippen LogP contribution in [0.25, 0.3) is 0 Å². The quantitative estimate of drug-likeness (QED) is 0.554. The smallest absolute Gasteiger partial charge is 0.325 e. The first-order chi connectivity index (χ1) is 12.3. The first-order valence-electron chi connectivity index (χ1n) is 8.21. The van der Waals surface area contributed by atoms with Gasteiger partial charge in [0.05, 0.1) is 18.1 Å². The summed E-state index contributed by atoms with van der Waals surface area (Å²) in [5.41, 5.74) is 0. The maximum Gasteiger partial charge on any atom is 0.325 e. The topological polar surface area (TPSA) is 131 Å². The fourth-order valence-corrected chi connectivity index (χ4v) is 3.31. The van der Waals surface area contributed by atoms with Gasteiger partial charge in [0, 0.05) is 25.5 Å². The molecular weight excluding hydrogens is 364 g/mol. The normalized spacial score (nSPS) is 15.0. The van der Waals surface area contributed by atoms with E-state index < -0.39 is 27.9 Å². The number of ether oxygens (including phenoxy) is 2. The van der Waals surface area contributed by atoms with Crippen molar-refractivity contribution in [1.29, 1.82) is 0 Å². The van der Waals surface area contributed by atoms with Gasteiger partial charge in [-0.05, 0) is 25.5 Å². The number of carbonyl (C=O) groups is 2. The van der Waals surface area contributed by atoms with Crippen LogP contribution in [0.15, 0.2) is 23.1 Å². The highest BCUT2D eigenvalue weighted by Crippen LogP contribution is 2.31. The minimum Gasteiger partial charge on any atom is -0.490 e. The number of fused-ring (bicyclic) bond motifs is 1. The van der Waals surface area contributed by atoms with E-state index in [2.05, 4.69) is 10.0 Å². The third-order valence-electron chi connectivity index (χ3n) is 3.65. The molecule has 0 spiro atoms. The van der Waals surface area contributed by atoms with Crippen LogP contribution in [-0.4, -0.2) is 51.2 Å².